The van der Waals surface area contributed by atoms with Gasteiger partial charge in [0.05, 0.1) is 10.1 Å². The molecule has 0 bridgehead atoms. The lowest BCUT2D eigenvalue weighted by atomic mass is 10.1. The first kappa shape index (κ1) is 14.8. The maximum Gasteiger partial charge on any atom is 0.303 e. The van der Waals surface area contributed by atoms with E-state index in [2.05, 4.69) is 0 Å². The molecule has 5 nitrogen and oxygen atoms in total. The lowest BCUT2D eigenvalue weighted by Gasteiger charge is -2.26. The Morgan fingerprint density at radius 3 is 2.95 bits per heavy atom. The predicted molar refractivity (Wildman–Crippen MR) is 74.1 cm³/mol. The molecule has 0 saturated heterocycles. The molecular weight excluding hydrogens is 310 g/mol. The van der Waals surface area contributed by atoms with Crippen LogP contribution in [-0.4, -0.2) is 36.1 Å². The zero-order valence-electron chi connectivity index (χ0n) is 10.1. The number of sulfonamides is 1. The van der Waals surface area contributed by atoms with Crippen molar-refractivity contribution in [2.45, 2.75) is 25.8 Å². The van der Waals surface area contributed by atoms with Gasteiger partial charge in [-0.1, -0.05) is 11.6 Å². The first-order chi connectivity index (χ1) is 8.88. The number of fused-ring (bicyclic) bond motifs is 1. The van der Waals surface area contributed by atoms with Crippen molar-refractivity contribution in [3.63, 3.8) is 0 Å². The van der Waals surface area contributed by atoms with Crippen molar-refractivity contribution in [3.8, 4) is 0 Å². The van der Waals surface area contributed by atoms with Crippen LogP contribution in [-0.2, 0) is 27.8 Å². The summed E-state index contributed by atoms with van der Waals surface area (Å²) in [6.45, 7) is 0.785. The van der Waals surface area contributed by atoms with Gasteiger partial charge in [0, 0.05) is 24.4 Å². The number of rotatable bonds is 5. The lowest BCUT2D eigenvalue weighted by Crippen LogP contribution is -2.37. The zero-order valence-corrected chi connectivity index (χ0v) is 12.5. The van der Waals surface area contributed by atoms with Crippen LogP contribution in [0.25, 0.3) is 0 Å². The van der Waals surface area contributed by atoms with Crippen molar-refractivity contribution in [1.82, 2.24) is 4.31 Å². The number of aliphatic carboxylic acids is 1. The maximum absolute atomic E-state index is 12.1. The molecule has 0 fully saturated rings. The van der Waals surface area contributed by atoms with Gasteiger partial charge in [-0.3, -0.25) is 4.79 Å². The van der Waals surface area contributed by atoms with Gasteiger partial charge in [-0.25, -0.2) is 8.42 Å². The molecule has 106 valence electrons. The number of carbonyl (C=O) groups is 1. The van der Waals surface area contributed by atoms with E-state index in [-0.39, 0.29) is 18.6 Å². The minimum Gasteiger partial charge on any atom is -0.481 e. The molecule has 0 amide bonds. The number of nitrogens with zero attached hydrogens (tertiary/aromatic N) is 1. The van der Waals surface area contributed by atoms with Crippen LogP contribution in [0, 0.1) is 0 Å². The maximum atomic E-state index is 12.1. The second-order valence-corrected chi connectivity index (χ2v) is 8.25. The Kier molecular flexibility index (Phi) is 4.50. The monoisotopic (exact) mass is 323 g/mol. The van der Waals surface area contributed by atoms with Crippen molar-refractivity contribution < 1.29 is 18.3 Å². The van der Waals surface area contributed by atoms with E-state index in [9.17, 15) is 13.2 Å². The number of thiophene rings is 1. The van der Waals surface area contributed by atoms with Crippen molar-refractivity contribution >= 4 is 38.9 Å². The van der Waals surface area contributed by atoms with Gasteiger partial charge in [0.15, 0.2) is 0 Å². The lowest BCUT2D eigenvalue weighted by molar-refractivity contribution is -0.137. The van der Waals surface area contributed by atoms with Gasteiger partial charge in [-0.15, -0.1) is 11.3 Å². The van der Waals surface area contributed by atoms with Crippen molar-refractivity contribution in [2.75, 3.05) is 12.3 Å². The number of carboxylic acids is 1. The van der Waals surface area contributed by atoms with Gasteiger partial charge in [0.1, 0.15) is 0 Å². The van der Waals surface area contributed by atoms with Gasteiger partial charge in [-0.2, -0.15) is 4.31 Å². The molecule has 0 spiro atoms. The summed E-state index contributed by atoms with van der Waals surface area (Å²) in [4.78, 5) is 11.5. The molecule has 8 heteroatoms. The van der Waals surface area contributed by atoms with E-state index in [1.54, 1.807) is 6.07 Å². The molecule has 0 saturated carbocycles. The minimum atomic E-state index is -3.38. The standard InChI is InChI=1S/C11H14ClNO4S2/c12-10-6-8-7-13(4-3-9(8)18-10)19(16,17)5-1-2-11(14)15/h6H,1-5,7H2,(H,14,15). The molecule has 1 aromatic rings. The van der Waals surface area contributed by atoms with Crippen molar-refractivity contribution in [3.05, 3.63) is 20.8 Å². The average Bonchev–Trinajstić information content (AvgIpc) is 2.67. The second-order valence-electron chi connectivity index (χ2n) is 4.40. The molecule has 0 aromatic carbocycles. The zero-order chi connectivity index (χ0) is 14.0. The molecule has 0 aliphatic carbocycles. The first-order valence-corrected chi connectivity index (χ1v) is 8.65. The Morgan fingerprint density at radius 1 is 1.53 bits per heavy atom. The Bertz CT molecular complexity index is 582. The smallest absolute Gasteiger partial charge is 0.303 e. The van der Waals surface area contributed by atoms with Crippen molar-refractivity contribution in [1.29, 1.82) is 0 Å². The highest BCUT2D eigenvalue weighted by atomic mass is 35.5. The number of carboxylic acid groups (broad SMARTS) is 1. The summed E-state index contributed by atoms with van der Waals surface area (Å²) in [5.41, 5.74) is 0.961. The summed E-state index contributed by atoms with van der Waals surface area (Å²) in [5, 5.41) is 8.53. The van der Waals surface area contributed by atoms with E-state index < -0.39 is 16.0 Å². The molecule has 1 aromatic heterocycles. The number of hydrogen-bond donors (Lipinski definition) is 1. The molecule has 2 rings (SSSR count). The topological polar surface area (TPSA) is 74.7 Å². The Labute approximate surface area is 120 Å². The normalized spacial score (nSPS) is 16.3. The Morgan fingerprint density at radius 2 is 2.26 bits per heavy atom. The SMILES string of the molecule is O=C(O)CCCS(=O)(=O)N1CCc2sc(Cl)cc2C1. The highest BCUT2D eigenvalue weighted by Gasteiger charge is 2.27. The van der Waals surface area contributed by atoms with Crippen LogP contribution in [0.2, 0.25) is 4.34 Å². The highest BCUT2D eigenvalue weighted by molar-refractivity contribution is 7.89. The quantitative estimate of drug-likeness (QED) is 0.898. The summed E-state index contributed by atoms with van der Waals surface area (Å²) in [6.07, 6.45) is 0.693. The van der Waals surface area contributed by atoms with Gasteiger partial charge < -0.3 is 5.11 Å². The van der Waals surface area contributed by atoms with Crippen LogP contribution in [0.5, 0.6) is 0 Å². The van der Waals surface area contributed by atoms with Gasteiger partial charge >= 0.3 is 5.97 Å². The minimum absolute atomic E-state index is 0.119. The number of halogens is 1. The average molecular weight is 324 g/mol. The molecular formula is C11H14ClNO4S2. The van der Waals surface area contributed by atoms with Gasteiger partial charge in [-0.05, 0) is 24.5 Å². The molecule has 1 aliphatic heterocycles. The molecule has 1 N–H and O–H groups in total. The third kappa shape index (κ3) is 3.68. The molecule has 0 unspecified atom stereocenters. The molecule has 0 radical (unpaired) electrons. The van der Waals surface area contributed by atoms with E-state index in [0.717, 1.165) is 10.4 Å². The van der Waals surface area contributed by atoms with Crippen LogP contribution >= 0.6 is 22.9 Å². The summed E-state index contributed by atoms with van der Waals surface area (Å²) >= 11 is 7.41. The predicted octanol–water partition coefficient (Wildman–Crippen LogP) is 1.95. The summed E-state index contributed by atoms with van der Waals surface area (Å²) in [5.74, 6) is -1.09. The Hall–Kier alpha value is -0.630. The molecule has 19 heavy (non-hydrogen) atoms. The Balaban J connectivity index is 2.01. The fourth-order valence-corrected chi connectivity index (χ4v) is 4.81. The van der Waals surface area contributed by atoms with E-state index in [0.29, 0.717) is 23.8 Å². The van der Waals surface area contributed by atoms with Crippen molar-refractivity contribution in [2.24, 2.45) is 0 Å². The largest absolute Gasteiger partial charge is 0.481 e. The fourth-order valence-electron chi connectivity index (χ4n) is 2.04. The van der Waals surface area contributed by atoms with Crippen LogP contribution < -0.4 is 0 Å². The number of hydrogen-bond acceptors (Lipinski definition) is 4. The van der Waals surface area contributed by atoms with E-state index in [4.69, 9.17) is 16.7 Å². The summed E-state index contributed by atoms with van der Waals surface area (Å²) in [6, 6.07) is 1.81. The van der Waals surface area contributed by atoms with Gasteiger partial charge in [0.2, 0.25) is 10.0 Å². The molecule has 1 aliphatic rings. The second kappa shape index (κ2) is 5.78. The molecule has 2 heterocycles. The first-order valence-electron chi connectivity index (χ1n) is 5.85. The third-order valence-electron chi connectivity index (χ3n) is 2.99. The fraction of sp³-hybridized carbons (Fsp3) is 0.545. The van der Waals surface area contributed by atoms with Crippen LogP contribution in [0.15, 0.2) is 6.07 Å². The summed E-state index contributed by atoms with van der Waals surface area (Å²) in [7, 11) is -3.38. The van der Waals surface area contributed by atoms with Crippen LogP contribution in [0.1, 0.15) is 23.3 Å². The van der Waals surface area contributed by atoms with Crippen LogP contribution in [0.4, 0.5) is 0 Å². The molecule has 0 atom stereocenters. The van der Waals surface area contributed by atoms with Crippen LogP contribution in [0.3, 0.4) is 0 Å². The van der Waals surface area contributed by atoms with Gasteiger partial charge in [0.25, 0.3) is 0 Å². The van der Waals surface area contributed by atoms with E-state index >= 15 is 0 Å². The third-order valence-corrected chi connectivity index (χ3v) is 6.26. The highest BCUT2D eigenvalue weighted by Crippen LogP contribution is 2.32. The summed E-state index contributed by atoms with van der Waals surface area (Å²) < 4.78 is 26.3. The van der Waals surface area contributed by atoms with E-state index in [1.807, 2.05) is 0 Å². The van der Waals surface area contributed by atoms with E-state index in [1.165, 1.54) is 15.6 Å².